The molecule has 0 spiro atoms. The van der Waals surface area contributed by atoms with E-state index < -0.39 is 0 Å². The minimum Gasteiger partial charge on any atom is -0.508 e. The lowest BCUT2D eigenvalue weighted by atomic mass is 9.84. The molecule has 0 amide bonds. The van der Waals surface area contributed by atoms with E-state index in [1.165, 1.54) is 11.1 Å². The second kappa shape index (κ2) is 6.51. The molecule has 2 nitrogen and oxygen atoms in total. The fourth-order valence-electron chi connectivity index (χ4n) is 2.77. The van der Waals surface area contributed by atoms with Gasteiger partial charge in [-0.2, -0.15) is 0 Å². The van der Waals surface area contributed by atoms with E-state index in [0.717, 1.165) is 11.1 Å². The number of rotatable bonds is 3. The molecule has 0 fully saturated rings. The summed E-state index contributed by atoms with van der Waals surface area (Å²) in [6, 6.07) is 11.7. The minimum absolute atomic E-state index is 0.0523. The smallest absolute Gasteiger partial charge is 0.118 e. The van der Waals surface area contributed by atoms with Crippen LogP contribution >= 0.6 is 0 Å². The molecule has 2 aromatic carbocycles. The van der Waals surface area contributed by atoms with Crippen LogP contribution in [0.15, 0.2) is 36.4 Å². The van der Waals surface area contributed by atoms with Crippen molar-refractivity contribution >= 4 is 0 Å². The maximum Gasteiger partial charge on any atom is 0.118 e. The summed E-state index contributed by atoms with van der Waals surface area (Å²) >= 11 is 0. The van der Waals surface area contributed by atoms with Crippen LogP contribution < -0.4 is 0 Å². The van der Waals surface area contributed by atoms with Crippen molar-refractivity contribution < 1.29 is 10.2 Å². The summed E-state index contributed by atoms with van der Waals surface area (Å²) in [5.74, 6) is 0.656. The minimum atomic E-state index is 0.0523. The molecule has 2 heteroatoms. The first-order valence-corrected chi connectivity index (χ1v) is 8.63. The number of aryl methyl sites for hydroxylation is 2. The molecule has 2 N–H and O–H groups in total. The lowest BCUT2D eigenvalue weighted by Gasteiger charge is -2.21. The molecular formula is C22H30O2. The van der Waals surface area contributed by atoms with Crippen LogP contribution in [0.3, 0.4) is 0 Å². The Morgan fingerprint density at radius 3 is 1.25 bits per heavy atom. The number of phenols is 2. The molecular weight excluding hydrogens is 296 g/mol. The van der Waals surface area contributed by atoms with Gasteiger partial charge < -0.3 is 10.2 Å². The van der Waals surface area contributed by atoms with Crippen LogP contribution in [-0.2, 0) is 23.7 Å². The summed E-state index contributed by atoms with van der Waals surface area (Å²) < 4.78 is 0. The highest BCUT2D eigenvalue weighted by Crippen LogP contribution is 2.31. The van der Waals surface area contributed by atoms with Crippen LogP contribution in [0, 0.1) is 0 Å². The number of hydrogen-bond acceptors (Lipinski definition) is 2. The van der Waals surface area contributed by atoms with E-state index in [1.807, 2.05) is 12.1 Å². The average Bonchev–Trinajstić information content (AvgIpc) is 2.45. The molecule has 0 aromatic heterocycles. The molecule has 2 rings (SSSR count). The molecule has 2 aromatic rings. The molecule has 0 saturated carbocycles. The van der Waals surface area contributed by atoms with Gasteiger partial charge in [0.15, 0.2) is 0 Å². The van der Waals surface area contributed by atoms with E-state index in [9.17, 15) is 10.2 Å². The fraction of sp³-hybridized carbons (Fsp3) is 0.455. The molecule has 0 radical (unpaired) electrons. The highest BCUT2D eigenvalue weighted by molar-refractivity contribution is 5.42. The molecule has 0 bridgehead atoms. The lowest BCUT2D eigenvalue weighted by Crippen LogP contribution is -2.12. The van der Waals surface area contributed by atoms with Gasteiger partial charge in [0.25, 0.3) is 0 Å². The van der Waals surface area contributed by atoms with Gasteiger partial charge in [0, 0.05) is 0 Å². The molecule has 0 aliphatic carbocycles. The molecule has 24 heavy (non-hydrogen) atoms. The standard InChI is InChI=1S/C22H30O2/c1-21(2,3)17-9-11-19(23)15(13-17)7-8-16-14-18(22(4,5)6)10-12-20(16)24/h9-14,23-24H,7-8H2,1-6H3. The van der Waals surface area contributed by atoms with Crippen molar-refractivity contribution in [1.29, 1.82) is 0 Å². The van der Waals surface area contributed by atoms with Gasteiger partial charge in [-0.05, 0) is 58.1 Å². The topological polar surface area (TPSA) is 40.5 Å². The number of benzene rings is 2. The Morgan fingerprint density at radius 2 is 0.958 bits per heavy atom. The van der Waals surface area contributed by atoms with E-state index >= 15 is 0 Å². The molecule has 0 aliphatic heterocycles. The Morgan fingerprint density at radius 1 is 0.625 bits per heavy atom. The maximum absolute atomic E-state index is 10.2. The highest BCUT2D eigenvalue weighted by atomic mass is 16.3. The number of aromatic hydroxyl groups is 2. The van der Waals surface area contributed by atoms with Crippen LogP contribution in [0.1, 0.15) is 63.8 Å². The van der Waals surface area contributed by atoms with Crippen molar-refractivity contribution in [1.82, 2.24) is 0 Å². The van der Waals surface area contributed by atoms with E-state index in [1.54, 1.807) is 12.1 Å². The second-order valence-corrected chi connectivity index (χ2v) is 8.69. The van der Waals surface area contributed by atoms with Crippen LogP contribution in [0.4, 0.5) is 0 Å². The van der Waals surface area contributed by atoms with Crippen molar-refractivity contribution in [2.24, 2.45) is 0 Å². The predicted octanol–water partition coefficient (Wildman–Crippen LogP) is 5.48. The largest absolute Gasteiger partial charge is 0.508 e. The Hall–Kier alpha value is -1.96. The normalized spacial score (nSPS) is 12.4. The fourth-order valence-corrected chi connectivity index (χ4v) is 2.77. The number of phenolic OH excluding ortho intramolecular Hbond substituents is 2. The van der Waals surface area contributed by atoms with Gasteiger partial charge in [0.2, 0.25) is 0 Å². The van der Waals surface area contributed by atoms with E-state index in [-0.39, 0.29) is 10.8 Å². The van der Waals surface area contributed by atoms with Gasteiger partial charge in [0.1, 0.15) is 11.5 Å². The van der Waals surface area contributed by atoms with Crippen molar-refractivity contribution in [3.05, 3.63) is 58.7 Å². The van der Waals surface area contributed by atoms with Crippen LogP contribution in [0.5, 0.6) is 11.5 Å². The van der Waals surface area contributed by atoms with Gasteiger partial charge >= 0.3 is 0 Å². The molecule has 0 atom stereocenters. The van der Waals surface area contributed by atoms with Gasteiger partial charge in [-0.3, -0.25) is 0 Å². The van der Waals surface area contributed by atoms with Gasteiger partial charge in [-0.25, -0.2) is 0 Å². The average molecular weight is 326 g/mol. The van der Waals surface area contributed by atoms with Gasteiger partial charge in [0.05, 0.1) is 0 Å². The summed E-state index contributed by atoms with van der Waals surface area (Å²) in [7, 11) is 0. The molecule has 0 unspecified atom stereocenters. The zero-order valence-electron chi connectivity index (χ0n) is 15.8. The first-order chi connectivity index (χ1) is 11.0. The summed E-state index contributed by atoms with van der Waals surface area (Å²) in [5.41, 5.74) is 4.39. The molecule has 130 valence electrons. The predicted molar refractivity (Wildman–Crippen MR) is 101 cm³/mol. The summed E-state index contributed by atoms with van der Waals surface area (Å²) in [5, 5.41) is 20.3. The maximum atomic E-state index is 10.2. The van der Waals surface area contributed by atoms with Gasteiger partial charge in [-0.15, -0.1) is 0 Å². The first-order valence-electron chi connectivity index (χ1n) is 8.63. The third-order valence-corrected chi connectivity index (χ3v) is 4.55. The Balaban J connectivity index is 2.25. The van der Waals surface area contributed by atoms with Gasteiger partial charge in [-0.1, -0.05) is 65.8 Å². The second-order valence-electron chi connectivity index (χ2n) is 8.69. The van der Waals surface area contributed by atoms with Crippen molar-refractivity contribution in [2.45, 2.75) is 65.2 Å². The third kappa shape index (κ3) is 4.31. The third-order valence-electron chi connectivity index (χ3n) is 4.55. The van der Waals surface area contributed by atoms with Crippen molar-refractivity contribution in [3.8, 4) is 11.5 Å². The number of hydrogen-bond donors (Lipinski definition) is 2. The van der Waals surface area contributed by atoms with E-state index in [0.29, 0.717) is 24.3 Å². The highest BCUT2D eigenvalue weighted by Gasteiger charge is 2.17. The Kier molecular flexibility index (Phi) is 4.98. The van der Waals surface area contributed by atoms with Crippen molar-refractivity contribution in [3.63, 3.8) is 0 Å². The van der Waals surface area contributed by atoms with Crippen molar-refractivity contribution in [2.75, 3.05) is 0 Å². The van der Waals surface area contributed by atoms with Crippen LogP contribution in [-0.4, -0.2) is 10.2 Å². The SMILES string of the molecule is CC(C)(C)c1ccc(O)c(CCc2cc(C(C)(C)C)ccc2O)c1. The molecule has 0 heterocycles. The first kappa shape index (κ1) is 18.4. The molecule has 0 saturated heterocycles. The van der Waals surface area contributed by atoms with Crippen LogP contribution in [0.25, 0.3) is 0 Å². The summed E-state index contributed by atoms with van der Waals surface area (Å²) in [6.07, 6.45) is 1.41. The van der Waals surface area contributed by atoms with Crippen LogP contribution in [0.2, 0.25) is 0 Å². The Labute approximate surface area is 146 Å². The lowest BCUT2D eigenvalue weighted by molar-refractivity contribution is 0.460. The zero-order chi connectivity index (χ0) is 18.1. The zero-order valence-corrected chi connectivity index (χ0v) is 15.8. The monoisotopic (exact) mass is 326 g/mol. The molecule has 0 aliphatic rings. The Bertz CT molecular complexity index is 652. The summed E-state index contributed by atoms with van der Waals surface area (Å²) in [6.45, 7) is 13.0. The summed E-state index contributed by atoms with van der Waals surface area (Å²) in [4.78, 5) is 0. The van der Waals surface area contributed by atoms with E-state index in [2.05, 4.69) is 53.7 Å². The van der Waals surface area contributed by atoms with E-state index in [4.69, 9.17) is 0 Å². The quantitative estimate of drug-likeness (QED) is 0.784.